The molecule has 5 rings (SSSR count). The zero-order valence-corrected chi connectivity index (χ0v) is 26.7. The fourth-order valence-electron chi connectivity index (χ4n) is 4.84. The van der Waals surface area contributed by atoms with Crippen LogP contribution in [0.15, 0.2) is 83.1 Å². The maximum atomic E-state index is 13.9. The molecule has 4 aromatic rings. The second kappa shape index (κ2) is 13.6. The molecule has 222 valence electrons. The fourth-order valence-corrected chi connectivity index (χ4v) is 5.74. The summed E-state index contributed by atoms with van der Waals surface area (Å²) in [6, 6.07) is 20.5. The second-order valence-corrected chi connectivity index (χ2v) is 11.3. The second-order valence-electron chi connectivity index (χ2n) is 9.61. The molecule has 0 radical (unpaired) electrons. The van der Waals surface area contributed by atoms with Crippen LogP contribution in [0.1, 0.15) is 18.9 Å². The third-order valence-electron chi connectivity index (χ3n) is 6.86. The Morgan fingerprint density at radius 1 is 1.07 bits per heavy atom. The lowest BCUT2D eigenvalue weighted by Gasteiger charge is -2.19. The molecule has 43 heavy (non-hydrogen) atoms. The lowest BCUT2D eigenvalue weighted by molar-refractivity contribution is -0.140. The minimum Gasteiger partial charge on any atom is -0.494 e. The molecule has 0 saturated carbocycles. The maximum Gasteiger partial charge on any atom is 0.325 e. The Balaban J connectivity index is 1.46. The summed E-state index contributed by atoms with van der Waals surface area (Å²) >= 11 is 15.5. The minimum absolute atomic E-state index is 0.187. The first-order chi connectivity index (χ1) is 20.8. The summed E-state index contributed by atoms with van der Waals surface area (Å²) in [5.74, 6) is 0.469. The number of carbonyl (C=O) groups excluding carboxylic acids is 2. The average molecular weight is 683 g/mol. The molecule has 3 aromatic carbocycles. The molecule has 1 aliphatic rings. The smallest absolute Gasteiger partial charge is 0.325 e. The monoisotopic (exact) mass is 681 g/mol. The lowest BCUT2D eigenvalue weighted by atomic mass is 10.1. The van der Waals surface area contributed by atoms with Crippen LogP contribution >= 0.6 is 39.7 Å². The SMILES string of the molecule is CCOc1ccc(N2C(=O)/C(=C/c3cn(CCCOc4ccccc4Cl)c4ccc(Br)cc34)N(CC(=O)OC)C2=S)cc1. The van der Waals surface area contributed by atoms with E-state index in [1.807, 2.05) is 49.5 Å². The van der Waals surface area contributed by atoms with Crippen molar-refractivity contribution in [3.05, 3.63) is 93.7 Å². The molecule has 1 aromatic heterocycles. The van der Waals surface area contributed by atoms with E-state index in [9.17, 15) is 9.59 Å². The molecule has 1 aliphatic heterocycles. The van der Waals surface area contributed by atoms with Crippen LogP contribution in [0.3, 0.4) is 0 Å². The zero-order chi connectivity index (χ0) is 30.5. The fraction of sp³-hybridized carbons (Fsp3) is 0.219. The summed E-state index contributed by atoms with van der Waals surface area (Å²) in [5, 5.41) is 1.69. The first-order valence-corrected chi connectivity index (χ1v) is 15.2. The standard InChI is InChI=1S/C32H29BrClN3O5S/c1-3-41-24-12-10-23(11-13-24)37-31(39)28(36(32(37)43)20-30(38)40-2)17-21-19-35(27-14-9-22(33)18-25(21)27)15-6-16-42-29-8-5-4-7-26(29)34/h4-5,7-14,17-19H,3,6,15-16,20H2,1-2H3/b28-17-. The van der Waals surface area contributed by atoms with Gasteiger partial charge >= 0.3 is 5.97 Å². The van der Waals surface area contributed by atoms with Crippen molar-refractivity contribution >= 4 is 79.4 Å². The van der Waals surface area contributed by atoms with E-state index in [0.717, 1.165) is 27.4 Å². The number of hydrogen-bond donors (Lipinski definition) is 0. The molecule has 2 heterocycles. The Hall–Kier alpha value is -3.86. The van der Waals surface area contributed by atoms with Crippen molar-refractivity contribution in [3.63, 3.8) is 0 Å². The number of thiocarbonyl (C=S) groups is 1. The van der Waals surface area contributed by atoms with E-state index in [1.54, 1.807) is 36.4 Å². The molecule has 0 aliphatic carbocycles. The number of methoxy groups -OCH3 is 1. The number of carbonyl (C=O) groups is 2. The Morgan fingerprint density at radius 2 is 1.84 bits per heavy atom. The highest BCUT2D eigenvalue weighted by atomic mass is 79.9. The molecule has 0 N–H and O–H groups in total. The van der Waals surface area contributed by atoms with Gasteiger partial charge in [0.15, 0.2) is 5.11 Å². The number of halogens is 2. The summed E-state index contributed by atoms with van der Waals surface area (Å²) in [6.45, 7) is 3.37. The average Bonchev–Trinajstić information content (AvgIpc) is 3.45. The molecule has 0 atom stereocenters. The van der Waals surface area contributed by atoms with Gasteiger partial charge in [-0.2, -0.15) is 0 Å². The van der Waals surface area contributed by atoms with E-state index in [4.69, 9.17) is 38.0 Å². The molecular weight excluding hydrogens is 654 g/mol. The predicted octanol–water partition coefficient (Wildman–Crippen LogP) is 7.07. The molecule has 0 bridgehead atoms. The summed E-state index contributed by atoms with van der Waals surface area (Å²) in [6.07, 6.45) is 4.49. The number of fused-ring (bicyclic) bond motifs is 1. The first kappa shape index (κ1) is 30.6. The first-order valence-electron chi connectivity index (χ1n) is 13.6. The van der Waals surface area contributed by atoms with E-state index in [2.05, 4.69) is 20.5 Å². The van der Waals surface area contributed by atoms with Gasteiger partial charge in [-0.1, -0.05) is 39.7 Å². The quantitative estimate of drug-likeness (QED) is 0.0725. The number of ether oxygens (including phenoxy) is 3. The van der Waals surface area contributed by atoms with Gasteiger partial charge in [-0.05, 0) is 86.2 Å². The van der Waals surface area contributed by atoms with Crippen molar-refractivity contribution in [2.75, 3.05) is 31.8 Å². The predicted molar refractivity (Wildman–Crippen MR) is 176 cm³/mol. The number of benzene rings is 3. The van der Waals surface area contributed by atoms with Gasteiger partial charge in [-0.15, -0.1) is 0 Å². The number of aromatic nitrogens is 1. The highest BCUT2D eigenvalue weighted by molar-refractivity contribution is 9.10. The number of amides is 1. The van der Waals surface area contributed by atoms with Crippen LogP contribution in [0.5, 0.6) is 11.5 Å². The van der Waals surface area contributed by atoms with Crippen LogP contribution in [0.2, 0.25) is 5.02 Å². The Morgan fingerprint density at radius 3 is 2.56 bits per heavy atom. The normalized spacial score (nSPS) is 14.2. The van der Waals surface area contributed by atoms with Crippen LogP contribution in [-0.2, 0) is 20.9 Å². The highest BCUT2D eigenvalue weighted by Gasteiger charge is 2.40. The molecular formula is C32H29BrClN3O5S. The number of rotatable bonds is 11. The van der Waals surface area contributed by atoms with Crippen LogP contribution in [0.4, 0.5) is 5.69 Å². The van der Waals surface area contributed by atoms with Gasteiger partial charge in [0, 0.05) is 33.7 Å². The van der Waals surface area contributed by atoms with Crippen molar-refractivity contribution in [1.82, 2.24) is 9.47 Å². The number of para-hydroxylation sites is 1. The number of esters is 1. The minimum atomic E-state index is -0.515. The third kappa shape index (κ3) is 6.71. The van der Waals surface area contributed by atoms with Crippen LogP contribution in [0.25, 0.3) is 17.0 Å². The number of hydrogen-bond acceptors (Lipinski definition) is 6. The van der Waals surface area contributed by atoms with Crippen molar-refractivity contribution in [2.24, 2.45) is 0 Å². The van der Waals surface area contributed by atoms with E-state index in [0.29, 0.717) is 42.0 Å². The van der Waals surface area contributed by atoms with Gasteiger partial charge in [0.1, 0.15) is 23.7 Å². The van der Waals surface area contributed by atoms with E-state index >= 15 is 0 Å². The topological polar surface area (TPSA) is 73.2 Å². The zero-order valence-electron chi connectivity index (χ0n) is 23.6. The summed E-state index contributed by atoms with van der Waals surface area (Å²) in [7, 11) is 1.30. The van der Waals surface area contributed by atoms with Crippen molar-refractivity contribution in [1.29, 1.82) is 0 Å². The number of aryl methyl sites for hydroxylation is 1. The third-order valence-corrected chi connectivity index (χ3v) is 8.07. The summed E-state index contributed by atoms with van der Waals surface area (Å²) in [4.78, 5) is 29.2. The van der Waals surface area contributed by atoms with E-state index in [1.165, 1.54) is 16.9 Å². The maximum absolute atomic E-state index is 13.9. The molecule has 0 unspecified atom stereocenters. The number of nitrogens with zero attached hydrogens (tertiary/aromatic N) is 3. The largest absolute Gasteiger partial charge is 0.494 e. The molecule has 11 heteroatoms. The van der Waals surface area contributed by atoms with Crippen molar-refractivity contribution < 1.29 is 23.8 Å². The molecule has 1 saturated heterocycles. The van der Waals surface area contributed by atoms with Gasteiger partial charge < -0.3 is 23.7 Å². The van der Waals surface area contributed by atoms with Gasteiger partial charge in [0.05, 0.1) is 31.0 Å². The van der Waals surface area contributed by atoms with Crippen molar-refractivity contribution in [3.8, 4) is 11.5 Å². The molecule has 8 nitrogen and oxygen atoms in total. The Kier molecular flexibility index (Phi) is 9.69. The van der Waals surface area contributed by atoms with Gasteiger partial charge in [0.25, 0.3) is 5.91 Å². The van der Waals surface area contributed by atoms with E-state index < -0.39 is 5.97 Å². The Bertz CT molecular complexity index is 1710. The lowest BCUT2D eigenvalue weighted by Crippen LogP contribution is -2.35. The van der Waals surface area contributed by atoms with Gasteiger partial charge in [0.2, 0.25) is 0 Å². The van der Waals surface area contributed by atoms with Crippen LogP contribution < -0.4 is 14.4 Å². The van der Waals surface area contributed by atoms with Gasteiger partial charge in [-0.25, -0.2) is 0 Å². The highest BCUT2D eigenvalue weighted by Crippen LogP contribution is 2.33. The van der Waals surface area contributed by atoms with Crippen molar-refractivity contribution in [2.45, 2.75) is 19.9 Å². The van der Waals surface area contributed by atoms with Crippen LogP contribution in [-0.4, -0.2) is 53.3 Å². The van der Waals surface area contributed by atoms with Crippen LogP contribution in [0, 0.1) is 0 Å². The summed E-state index contributed by atoms with van der Waals surface area (Å²) in [5.41, 5.74) is 2.63. The van der Waals surface area contributed by atoms with Gasteiger partial charge in [-0.3, -0.25) is 14.5 Å². The molecule has 0 spiro atoms. The molecule has 1 amide bonds. The Labute approximate surface area is 268 Å². The summed E-state index contributed by atoms with van der Waals surface area (Å²) < 4.78 is 19.4. The number of anilines is 1. The molecule has 1 fully saturated rings. The van der Waals surface area contributed by atoms with E-state index in [-0.39, 0.29) is 23.3 Å².